The van der Waals surface area contributed by atoms with Gasteiger partial charge in [-0.2, -0.15) is 0 Å². The van der Waals surface area contributed by atoms with E-state index in [2.05, 4.69) is 5.32 Å². The number of aliphatic hydroxyl groups excluding tert-OH is 1. The molecule has 23 heavy (non-hydrogen) atoms. The first-order chi connectivity index (χ1) is 11.2. The van der Waals surface area contributed by atoms with Crippen LogP contribution in [0.1, 0.15) is 42.5 Å². The summed E-state index contributed by atoms with van der Waals surface area (Å²) in [6.45, 7) is 2.83. The van der Waals surface area contributed by atoms with Crippen LogP contribution in [0.3, 0.4) is 0 Å². The molecule has 1 amide bonds. The van der Waals surface area contributed by atoms with E-state index in [1.54, 1.807) is 4.90 Å². The van der Waals surface area contributed by atoms with Crippen LogP contribution in [0.15, 0.2) is 24.3 Å². The minimum absolute atomic E-state index is 0.00367. The highest BCUT2D eigenvalue weighted by Gasteiger charge is 2.24. The number of piperidine rings is 1. The average Bonchev–Trinajstić information content (AvgIpc) is 3.08. The van der Waals surface area contributed by atoms with Gasteiger partial charge in [0.1, 0.15) is 0 Å². The number of anilines is 1. The van der Waals surface area contributed by atoms with Gasteiger partial charge < -0.3 is 20.1 Å². The van der Waals surface area contributed by atoms with Crippen molar-refractivity contribution in [1.29, 1.82) is 0 Å². The Morgan fingerprint density at radius 2 is 2.17 bits per heavy atom. The Morgan fingerprint density at radius 1 is 1.30 bits per heavy atom. The lowest BCUT2D eigenvalue weighted by molar-refractivity contribution is 0.0474. The van der Waals surface area contributed by atoms with Crippen LogP contribution >= 0.6 is 0 Å². The van der Waals surface area contributed by atoms with Gasteiger partial charge in [-0.15, -0.1) is 0 Å². The molecule has 1 aromatic rings. The monoisotopic (exact) mass is 318 g/mol. The van der Waals surface area contributed by atoms with Crippen molar-refractivity contribution >= 4 is 11.6 Å². The lowest BCUT2D eigenvalue weighted by Crippen LogP contribution is -2.42. The van der Waals surface area contributed by atoms with E-state index in [1.807, 2.05) is 24.3 Å². The van der Waals surface area contributed by atoms with E-state index in [9.17, 15) is 9.90 Å². The Bertz CT molecular complexity index is 529. The number of likely N-dealkylation sites (tertiary alicyclic amines) is 1. The molecule has 2 N–H and O–H groups in total. The van der Waals surface area contributed by atoms with Crippen LogP contribution < -0.4 is 5.32 Å². The summed E-state index contributed by atoms with van der Waals surface area (Å²) in [5.41, 5.74) is 1.56. The number of hydrogen-bond acceptors (Lipinski definition) is 4. The van der Waals surface area contributed by atoms with E-state index in [0.29, 0.717) is 18.2 Å². The number of carbonyl (C=O) groups is 1. The second-order valence-electron chi connectivity index (χ2n) is 6.44. The van der Waals surface area contributed by atoms with Crippen LogP contribution in [0.5, 0.6) is 0 Å². The lowest BCUT2D eigenvalue weighted by Gasteiger charge is -2.30. The number of nitrogens with one attached hydrogen (secondary N) is 1. The molecule has 0 radical (unpaired) electrons. The molecule has 2 unspecified atom stereocenters. The zero-order valence-electron chi connectivity index (χ0n) is 13.5. The highest BCUT2D eigenvalue weighted by molar-refractivity contribution is 5.99. The SMILES string of the molecule is O=C(c1ccccc1NCCC1CCCO1)N1CCCC(O)C1. The molecule has 3 rings (SSSR count). The Kier molecular flexibility index (Phi) is 5.51. The second-order valence-corrected chi connectivity index (χ2v) is 6.44. The van der Waals surface area contributed by atoms with Gasteiger partial charge in [0.05, 0.1) is 17.8 Å². The minimum atomic E-state index is -0.396. The van der Waals surface area contributed by atoms with Crippen LogP contribution in [0.2, 0.25) is 0 Å². The Labute approximate surface area is 137 Å². The Hall–Kier alpha value is -1.59. The number of carbonyl (C=O) groups excluding carboxylic acids is 1. The summed E-state index contributed by atoms with van der Waals surface area (Å²) in [6, 6.07) is 7.63. The smallest absolute Gasteiger partial charge is 0.256 e. The minimum Gasteiger partial charge on any atom is -0.391 e. The maximum atomic E-state index is 12.7. The number of para-hydroxylation sites is 1. The molecule has 5 nitrogen and oxygen atoms in total. The Balaban J connectivity index is 1.61. The molecule has 0 aliphatic carbocycles. The van der Waals surface area contributed by atoms with Gasteiger partial charge in [0.2, 0.25) is 0 Å². The molecule has 126 valence electrons. The van der Waals surface area contributed by atoms with Crippen LogP contribution in [0, 0.1) is 0 Å². The van der Waals surface area contributed by atoms with Gasteiger partial charge in [0.15, 0.2) is 0 Å². The van der Waals surface area contributed by atoms with Gasteiger partial charge in [-0.1, -0.05) is 12.1 Å². The van der Waals surface area contributed by atoms with Gasteiger partial charge in [-0.3, -0.25) is 4.79 Å². The molecule has 0 saturated carbocycles. The van der Waals surface area contributed by atoms with Crippen molar-refractivity contribution in [2.45, 2.75) is 44.3 Å². The zero-order chi connectivity index (χ0) is 16.1. The molecular weight excluding hydrogens is 292 g/mol. The molecule has 2 saturated heterocycles. The normalized spacial score (nSPS) is 24.7. The largest absolute Gasteiger partial charge is 0.391 e. The predicted octanol–water partition coefficient (Wildman–Crippen LogP) is 2.26. The first-order valence-electron chi connectivity index (χ1n) is 8.66. The molecule has 2 fully saturated rings. The fourth-order valence-electron chi connectivity index (χ4n) is 3.37. The maximum absolute atomic E-state index is 12.7. The summed E-state index contributed by atoms with van der Waals surface area (Å²) in [5.74, 6) is 0.00367. The first kappa shape index (κ1) is 16.3. The number of hydrogen-bond donors (Lipinski definition) is 2. The fraction of sp³-hybridized carbons (Fsp3) is 0.611. The van der Waals surface area contributed by atoms with E-state index < -0.39 is 6.10 Å². The van der Waals surface area contributed by atoms with E-state index in [4.69, 9.17) is 4.74 Å². The number of rotatable bonds is 5. The summed E-state index contributed by atoms with van der Waals surface area (Å²) in [6.07, 6.45) is 4.85. The summed E-state index contributed by atoms with van der Waals surface area (Å²) < 4.78 is 5.63. The third-order valence-electron chi connectivity index (χ3n) is 4.65. The molecule has 5 heteroatoms. The topological polar surface area (TPSA) is 61.8 Å². The van der Waals surface area contributed by atoms with Gasteiger partial charge in [-0.25, -0.2) is 0 Å². The van der Waals surface area contributed by atoms with Crippen molar-refractivity contribution in [1.82, 2.24) is 4.90 Å². The number of β-amino-alcohol motifs (C(OH)–C–C–N with tert-alkyl or cyclic N) is 1. The third kappa shape index (κ3) is 4.24. The molecular formula is C18H26N2O3. The van der Waals surface area contributed by atoms with Crippen molar-refractivity contribution in [3.05, 3.63) is 29.8 Å². The summed E-state index contributed by atoms with van der Waals surface area (Å²) in [7, 11) is 0. The fourth-order valence-corrected chi connectivity index (χ4v) is 3.37. The number of amides is 1. The predicted molar refractivity (Wildman–Crippen MR) is 89.7 cm³/mol. The molecule has 2 heterocycles. The second kappa shape index (κ2) is 7.79. The average molecular weight is 318 g/mol. The van der Waals surface area contributed by atoms with Crippen LogP contribution in [0.25, 0.3) is 0 Å². The first-order valence-corrected chi connectivity index (χ1v) is 8.66. The van der Waals surface area contributed by atoms with Crippen LogP contribution in [0.4, 0.5) is 5.69 Å². The van der Waals surface area contributed by atoms with Crippen molar-refractivity contribution in [2.75, 3.05) is 31.6 Å². The Morgan fingerprint density at radius 3 is 2.96 bits per heavy atom. The van der Waals surface area contributed by atoms with Crippen molar-refractivity contribution in [2.24, 2.45) is 0 Å². The number of nitrogens with zero attached hydrogens (tertiary/aromatic N) is 1. The highest BCUT2D eigenvalue weighted by atomic mass is 16.5. The zero-order valence-corrected chi connectivity index (χ0v) is 13.5. The molecule has 1 aromatic carbocycles. The molecule has 0 spiro atoms. The maximum Gasteiger partial charge on any atom is 0.256 e. The lowest BCUT2D eigenvalue weighted by atomic mass is 10.1. The van der Waals surface area contributed by atoms with E-state index >= 15 is 0 Å². The highest BCUT2D eigenvalue weighted by Crippen LogP contribution is 2.21. The molecule has 2 aliphatic rings. The van der Waals surface area contributed by atoms with Gasteiger partial charge in [0.25, 0.3) is 5.91 Å². The van der Waals surface area contributed by atoms with E-state index in [1.165, 1.54) is 0 Å². The van der Waals surface area contributed by atoms with Crippen LogP contribution in [-0.2, 0) is 4.74 Å². The van der Waals surface area contributed by atoms with Crippen molar-refractivity contribution in [3.63, 3.8) is 0 Å². The molecule has 2 aliphatic heterocycles. The molecule has 2 atom stereocenters. The van der Waals surface area contributed by atoms with Gasteiger partial charge in [0, 0.05) is 31.9 Å². The number of benzene rings is 1. The van der Waals surface area contributed by atoms with Gasteiger partial charge in [-0.05, 0) is 44.2 Å². The number of ether oxygens (including phenoxy) is 1. The van der Waals surface area contributed by atoms with Crippen molar-refractivity contribution < 1.29 is 14.6 Å². The van der Waals surface area contributed by atoms with E-state index in [0.717, 1.165) is 57.5 Å². The molecule has 0 bridgehead atoms. The third-order valence-corrected chi connectivity index (χ3v) is 4.65. The van der Waals surface area contributed by atoms with Crippen molar-refractivity contribution in [3.8, 4) is 0 Å². The summed E-state index contributed by atoms with van der Waals surface area (Å²) in [4.78, 5) is 14.5. The summed E-state index contributed by atoms with van der Waals surface area (Å²) in [5, 5.41) is 13.2. The number of aliphatic hydroxyl groups is 1. The standard InChI is InChI=1S/C18H26N2O3/c21-14-5-3-11-20(13-14)18(22)16-7-1-2-8-17(16)19-10-9-15-6-4-12-23-15/h1-2,7-8,14-15,19,21H,3-6,9-13H2. The molecule has 0 aromatic heterocycles. The summed E-state index contributed by atoms with van der Waals surface area (Å²) >= 11 is 0. The quantitative estimate of drug-likeness (QED) is 0.874. The van der Waals surface area contributed by atoms with Crippen LogP contribution in [-0.4, -0.2) is 54.4 Å². The van der Waals surface area contributed by atoms with E-state index in [-0.39, 0.29) is 5.91 Å². The van der Waals surface area contributed by atoms with Gasteiger partial charge >= 0.3 is 0 Å².